The predicted octanol–water partition coefficient (Wildman–Crippen LogP) is 5.89. The maximum atomic E-state index is 11.3. The third-order valence-corrected chi connectivity index (χ3v) is 4.33. The molecule has 0 aromatic heterocycles. The molecule has 0 aliphatic heterocycles. The van der Waals surface area contributed by atoms with Gasteiger partial charge in [-0.15, -0.1) is 0 Å². The summed E-state index contributed by atoms with van der Waals surface area (Å²) in [5, 5.41) is 0. The molecule has 0 N–H and O–H groups in total. The van der Waals surface area contributed by atoms with E-state index >= 15 is 0 Å². The van der Waals surface area contributed by atoms with E-state index in [1.807, 2.05) is 79.7 Å². The highest BCUT2D eigenvalue weighted by atomic mass is 16.5. The Kier molecular flexibility index (Phi) is 6.26. The van der Waals surface area contributed by atoms with Gasteiger partial charge in [0.25, 0.3) is 0 Å². The molecule has 0 bridgehead atoms. The fraction of sp³-hybridized carbons (Fsp3) is 0.208. The summed E-state index contributed by atoms with van der Waals surface area (Å²) in [5.41, 5.74) is 3.18. The van der Waals surface area contributed by atoms with E-state index in [1.54, 1.807) is 6.92 Å². The molecule has 3 rings (SSSR count). The molecule has 0 aliphatic rings. The standard InChI is InChI=1S/C24H24O3/c1-18-8-3-5-12-23(18)27-22-11-7-9-20(16-22)17-26-24-13-6-4-10-21(24)15-14-19(2)25/h3-13,16H,14-15,17H2,1-2H3. The lowest BCUT2D eigenvalue weighted by molar-refractivity contribution is -0.116. The van der Waals surface area contributed by atoms with Crippen molar-refractivity contribution in [1.29, 1.82) is 0 Å². The van der Waals surface area contributed by atoms with E-state index in [-0.39, 0.29) is 5.78 Å². The Morgan fingerprint density at radius 1 is 0.889 bits per heavy atom. The first-order valence-electron chi connectivity index (χ1n) is 9.14. The molecule has 3 aromatic rings. The fourth-order valence-corrected chi connectivity index (χ4v) is 2.82. The van der Waals surface area contributed by atoms with Crippen molar-refractivity contribution in [3.63, 3.8) is 0 Å². The molecule has 138 valence electrons. The van der Waals surface area contributed by atoms with Crippen molar-refractivity contribution in [1.82, 2.24) is 0 Å². The molecule has 0 heterocycles. The highest BCUT2D eigenvalue weighted by Crippen LogP contribution is 2.26. The molecule has 0 atom stereocenters. The number of para-hydroxylation sites is 2. The number of aryl methyl sites for hydroxylation is 2. The van der Waals surface area contributed by atoms with Gasteiger partial charge in [-0.2, -0.15) is 0 Å². The maximum Gasteiger partial charge on any atom is 0.130 e. The average Bonchev–Trinajstić information content (AvgIpc) is 2.67. The van der Waals surface area contributed by atoms with Crippen LogP contribution in [0.1, 0.15) is 30.0 Å². The summed E-state index contributed by atoms with van der Waals surface area (Å²) in [4.78, 5) is 11.3. The molecule has 0 amide bonds. The van der Waals surface area contributed by atoms with Crippen LogP contribution in [0.3, 0.4) is 0 Å². The van der Waals surface area contributed by atoms with Gasteiger partial charge in [0, 0.05) is 6.42 Å². The molecule has 0 radical (unpaired) electrons. The first-order valence-corrected chi connectivity index (χ1v) is 9.14. The quantitative estimate of drug-likeness (QED) is 0.502. The largest absolute Gasteiger partial charge is 0.489 e. The van der Waals surface area contributed by atoms with Crippen molar-refractivity contribution in [3.05, 3.63) is 89.5 Å². The molecule has 0 saturated heterocycles. The first kappa shape index (κ1) is 18.7. The van der Waals surface area contributed by atoms with Crippen LogP contribution in [0.15, 0.2) is 72.8 Å². The average molecular weight is 360 g/mol. The lowest BCUT2D eigenvalue weighted by Gasteiger charge is -2.13. The molecule has 27 heavy (non-hydrogen) atoms. The van der Waals surface area contributed by atoms with Gasteiger partial charge < -0.3 is 14.3 Å². The molecule has 0 unspecified atom stereocenters. The van der Waals surface area contributed by atoms with Crippen molar-refractivity contribution in [2.45, 2.75) is 33.3 Å². The number of ether oxygens (including phenoxy) is 2. The first-order chi connectivity index (χ1) is 13.1. The van der Waals surface area contributed by atoms with Gasteiger partial charge in [-0.3, -0.25) is 0 Å². The minimum Gasteiger partial charge on any atom is -0.489 e. The smallest absolute Gasteiger partial charge is 0.130 e. The lowest BCUT2D eigenvalue weighted by Crippen LogP contribution is -2.01. The summed E-state index contributed by atoms with van der Waals surface area (Å²) >= 11 is 0. The number of hydrogen-bond donors (Lipinski definition) is 0. The van der Waals surface area contributed by atoms with Crippen molar-refractivity contribution in [2.75, 3.05) is 0 Å². The topological polar surface area (TPSA) is 35.5 Å². The van der Waals surface area contributed by atoms with Crippen LogP contribution in [0.5, 0.6) is 17.2 Å². The second-order valence-electron chi connectivity index (χ2n) is 6.61. The SMILES string of the molecule is CC(=O)CCc1ccccc1OCc1cccc(Oc2ccccc2C)c1. The van der Waals surface area contributed by atoms with E-state index in [9.17, 15) is 4.79 Å². The number of Topliss-reactive ketones (excluding diaryl/α,β-unsaturated/α-hetero) is 1. The summed E-state index contributed by atoms with van der Waals surface area (Å²) in [7, 11) is 0. The highest BCUT2D eigenvalue weighted by molar-refractivity contribution is 5.75. The van der Waals surface area contributed by atoms with Gasteiger partial charge in [0.2, 0.25) is 0 Å². The number of hydrogen-bond acceptors (Lipinski definition) is 3. The van der Waals surface area contributed by atoms with E-state index < -0.39 is 0 Å². The van der Waals surface area contributed by atoms with Crippen LogP contribution in [0.2, 0.25) is 0 Å². The maximum absolute atomic E-state index is 11.3. The molecule has 0 aliphatic carbocycles. The van der Waals surface area contributed by atoms with E-state index in [0.717, 1.165) is 33.9 Å². The Bertz CT molecular complexity index is 915. The van der Waals surface area contributed by atoms with Crippen molar-refractivity contribution in [3.8, 4) is 17.2 Å². The highest BCUT2D eigenvalue weighted by Gasteiger charge is 2.06. The third-order valence-electron chi connectivity index (χ3n) is 4.33. The van der Waals surface area contributed by atoms with Crippen LogP contribution in [-0.4, -0.2) is 5.78 Å². The van der Waals surface area contributed by atoms with E-state index in [1.165, 1.54) is 0 Å². The van der Waals surface area contributed by atoms with E-state index in [0.29, 0.717) is 19.4 Å². The zero-order valence-electron chi connectivity index (χ0n) is 15.8. The minimum atomic E-state index is 0.186. The van der Waals surface area contributed by atoms with Crippen molar-refractivity contribution in [2.24, 2.45) is 0 Å². The Hall–Kier alpha value is -3.07. The van der Waals surface area contributed by atoms with E-state index in [2.05, 4.69) is 0 Å². The van der Waals surface area contributed by atoms with Gasteiger partial charge in [-0.1, -0.05) is 48.5 Å². The Balaban J connectivity index is 1.67. The summed E-state index contributed by atoms with van der Waals surface area (Å²) in [6.07, 6.45) is 1.22. The van der Waals surface area contributed by atoms with Crippen LogP contribution in [0, 0.1) is 6.92 Å². The summed E-state index contributed by atoms with van der Waals surface area (Å²) < 4.78 is 12.0. The number of rotatable bonds is 8. The van der Waals surface area contributed by atoms with Crippen molar-refractivity contribution < 1.29 is 14.3 Å². The molecular weight excluding hydrogens is 336 g/mol. The van der Waals surface area contributed by atoms with Gasteiger partial charge in [0.15, 0.2) is 0 Å². The fourth-order valence-electron chi connectivity index (χ4n) is 2.82. The Morgan fingerprint density at radius 3 is 2.41 bits per heavy atom. The second-order valence-corrected chi connectivity index (χ2v) is 6.61. The molecule has 0 fully saturated rings. The van der Waals surface area contributed by atoms with Gasteiger partial charge in [0.1, 0.15) is 29.6 Å². The second kappa shape index (κ2) is 9.04. The molecule has 3 heteroatoms. The molecule has 0 spiro atoms. The summed E-state index contributed by atoms with van der Waals surface area (Å²) in [6.45, 7) is 4.09. The van der Waals surface area contributed by atoms with Gasteiger partial charge in [-0.05, 0) is 61.2 Å². The zero-order valence-corrected chi connectivity index (χ0v) is 15.8. The molecule has 3 aromatic carbocycles. The normalized spacial score (nSPS) is 10.4. The van der Waals surface area contributed by atoms with Crippen LogP contribution in [0.4, 0.5) is 0 Å². The van der Waals surface area contributed by atoms with Crippen LogP contribution in [-0.2, 0) is 17.8 Å². The molecule has 0 saturated carbocycles. The zero-order chi connectivity index (χ0) is 19.1. The number of benzene rings is 3. The summed E-state index contributed by atoms with van der Waals surface area (Å²) in [5.74, 6) is 2.65. The van der Waals surface area contributed by atoms with Gasteiger partial charge in [0.05, 0.1) is 0 Å². The van der Waals surface area contributed by atoms with Crippen molar-refractivity contribution >= 4 is 5.78 Å². The van der Waals surface area contributed by atoms with E-state index in [4.69, 9.17) is 9.47 Å². The lowest BCUT2D eigenvalue weighted by atomic mass is 10.1. The number of carbonyl (C=O) groups excluding carboxylic acids is 1. The van der Waals surface area contributed by atoms with Crippen LogP contribution < -0.4 is 9.47 Å². The number of ketones is 1. The van der Waals surface area contributed by atoms with Gasteiger partial charge in [-0.25, -0.2) is 0 Å². The number of carbonyl (C=O) groups is 1. The monoisotopic (exact) mass is 360 g/mol. The molecule has 3 nitrogen and oxygen atoms in total. The molecular formula is C24H24O3. The summed E-state index contributed by atoms with van der Waals surface area (Å²) in [6, 6.07) is 23.7. The van der Waals surface area contributed by atoms with Crippen LogP contribution in [0.25, 0.3) is 0 Å². The third kappa shape index (κ3) is 5.45. The van der Waals surface area contributed by atoms with Crippen LogP contribution >= 0.6 is 0 Å². The Morgan fingerprint density at radius 2 is 1.63 bits per heavy atom. The predicted molar refractivity (Wildman–Crippen MR) is 107 cm³/mol. The van der Waals surface area contributed by atoms with Gasteiger partial charge >= 0.3 is 0 Å². The minimum absolute atomic E-state index is 0.186. The Labute approximate surface area is 160 Å².